The number of rotatable bonds is 3. The molecule has 2 heteroatoms. The molecule has 2 rings (SSSR count). The number of aryl methyl sites for hydroxylation is 3. The van der Waals surface area contributed by atoms with E-state index in [1.807, 2.05) is 0 Å². The van der Waals surface area contributed by atoms with Crippen molar-refractivity contribution < 1.29 is 4.74 Å². The molecule has 0 saturated carbocycles. The summed E-state index contributed by atoms with van der Waals surface area (Å²) in [7, 11) is 0. The molecule has 1 atom stereocenters. The Hall–Kier alpha value is -0.860. The van der Waals surface area contributed by atoms with Gasteiger partial charge in [-0.2, -0.15) is 0 Å². The Kier molecular flexibility index (Phi) is 3.97. The van der Waals surface area contributed by atoms with Gasteiger partial charge in [-0.3, -0.25) is 0 Å². The molecule has 1 aromatic rings. The molecule has 1 aliphatic heterocycles. The summed E-state index contributed by atoms with van der Waals surface area (Å²) in [5.41, 5.74) is 4.24. The third-order valence-corrected chi connectivity index (χ3v) is 3.27. The summed E-state index contributed by atoms with van der Waals surface area (Å²) in [6.45, 7) is 7.08. The average molecular weight is 219 g/mol. The monoisotopic (exact) mass is 219 g/mol. The van der Waals surface area contributed by atoms with Crippen molar-refractivity contribution in [1.82, 2.24) is 5.32 Å². The van der Waals surface area contributed by atoms with Crippen LogP contribution in [0.2, 0.25) is 0 Å². The Morgan fingerprint density at radius 2 is 2.25 bits per heavy atom. The van der Waals surface area contributed by atoms with Crippen LogP contribution in [-0.4, -0.2) is 25.8 Å². The SMILES string of the molecule is Cc1ccc(C)c(CCC2COCCN2)c1. The molecular weight excluding hydrogens is 198 g/mol. The Morgan fingerprint density at radius 3 is 3.00 bits per heavy atom. The lowest BCUT2D eigenvalue weighted by atomic mass is 9.99. The van der Waals surface area contributed by atoms with E-state index in [-0.39, 0.29) is 0 Å². The zero-order valence-electron chi connectivity index (χ0n) is 10.3. The van der Waals surface area contributed by atoms with Crippen molar-refractivity contribution in [1.29, 1.82) is 0 Å². The first-order valence-electron chi connectivity index (χ1n) is 6.13. The van der Waals surface area contributed by atoms with Crippen LogP contribution in [-0.2, 0) is 11.2 Å². The molecule has 0 aliphatic carbocycles. The summed E-state index contributed by atoms with van der Waals surface area (Å²) in [6.07, 6.45) is 2.32. The van der Waals surface area contributed by atoms with Crippen LogP contribution in [0.15, 0.2) is 18.2 Å². The van der Waals surface area contributed by atoms with Crippen molar-refractivity contribution in [2.45, 2.75) is 32.7 Å². The van der Waals surface area contributed by atoms with Crippen LogP contribution in [0.1, 0.15) is 23.1 Å². The predicted octanol–water partition coefficient (Wildman–Crippen LogP) is 2.22. The molecule has 2 nitrogen and oxygen atoms in total. The molecule has 1 aromatic carbocycles. The Bertz CT molecular complexity index is 343. The highest BCUT2D eigenvalue weighted by atomic mass is 16.5. The lowest BCUT2D eigenvalue weighted by molar-refractivity contribution is 0.0743. The van der Waals surface area contributed by atoms with E-state index >= 15 is 0 Å². The van der Waals surface area contributed by atoms with Gasteiger partial charge in [0.1, 0.15) is 0 Å². The normalized spacial score (nSPS) is 21.0. The van der Waals surface area contributed by atoms with Crippen molar-refractivity contribution in [3.05, 3.63) is 34.9 Å². The number of ether oxygens (including phenoxy) is 1. The summed E-state index contributed by atoms with van der Waals surface area (Å²) in [4.78, 5) is 0. The minimum atomic E-state index is 0.536. The molecule has 1 unspecified atom stereocenters. The van der Waals surface area contributed by atoms with Gasteiger partial charge in [0.15, 0.2) is 0 Å². The second-order valence-corrected chi connectivity index (χ2v) is 4.69. The van der Waals surface area contributed by atoms with Crippen molar-refractivity contribution in [3.63, 3.8) is 0 Å². The molecule has 1 N–H and O–H groups in total. The maximum Gasteiger partial charge on any atom is 0.0620 e. The molecule has 0 spiro atoms. The molecule has 16 heavy (non-hydrogen) atoms. The van der Waals surface area contributed by atoms with E-state index in [2.05, 4.69) is 37.4 Å². The molecule has 88 valence electrons. The van der Waals surface area contributed by atoms with E-state index in [0.29, 0.717) is 6.04 Å². The zero-order valence-corrected chi connectivity index (χ0v) is 10.3. The van der Waals surface area contributed by atoms with E-state index in [1.54, 1.807) is 0 Å². The van der Waals surface area contributed by atoms with Crippen LogP contribution < -0.4 is 5.32 Å². The molecule has 1 fully saturated rings. The van der Waals surface area contributed by atoms with E-state index in [9.17, 15) is 0 Å². The average Bonchev–Trinajstić information content (AvgIpc) is 2.32. The first-order chi connectivity index (χ1) is 7.75. The maximum atomic E-state index is 5.46. The van der Waals surface area contributed by atoms with Gasteiger partial charge in [-0.25, -0.2) is 0 Å². The Morgan fingerprint density at radius 1 is 1.38 bits per heavy atom. The first kappa shape index (κ1) is 11.6. The smallest absolute Gasteiger partial charge is 0.0620 e. The third-order valence-electron chi connectivity index (χ3n) is 3.27. The molecule has 1 heterocycles. The van der Waals surface area contributed by atoms with Crippen LogP contribution in [0, 0.1) is 13.8 Å². The molecule has 0 radical (unpaired) electrons. The second kappa shape index (κ2) is 5.46. The first-order valence-corrected chi connectivity index (χ1v) is 6.13. The van der Waals surface area contributed by atoms with Crippen molar-refractivity contribution >= 4 is 0 Å². The lowest BCUT2D eigenvalue weighted by Crippen LogP contribution is -2.41. The minimum Gasteiger partial charge on any atom is -0.379 e. The maximum absolute atomic E-state index is 5.46. The Balaban J connectivity index is 1.90. The van der Waals surface area contributed by atoms with Gasteiger partial charge in [0.2, 0.25) is 0 Å². The number of morpholine rings is 1. The van der Waals surface area contributed by atoms with Crippen LogP contribution in [0.4, 0.5) is 0 Å². The van der Waals surface area contributed by atoms with Crippen LogP contribution in [0.5, 0.6) is 0 Å². The molecule has 0 bridgehead atoms. The van der Waals surface area contributed by atoms with Gasteiger partial charge in [0.05, 0.1) is 13.2 Å². The highest BCUT2D eigenvalue weighted by Gasteiger charge is 2.12. The fraction of sp³-hybridized carbons (Fsp3) is 0.571. The molecule has 1 aliphatic rings. The number of benzene rings is 1. The standard InChI is InChI=1S/C14H21NO/c1-11-3-4-12(2)13(9-11)5-6-14-10-16-8-7-15-14/h3-4,9,14-15H,5-8,10H2,1-2H3. The quantitative estimate of drug-likeness (QED) is 0.841. The summed E-state index contributed by atoms with van der Waals surface area (Å²) in [5.74, 6) is 0. The summed E-state index contributed by atoms with van der Waals surface area (Å²) in [5, 5.41) is 3.50. The van der Waals surface area contributed by atoms with Crippen molar-refractivity contribution in [2.75, 3.05) is 19.8 Å². The molecule has 0 amide bonds. The van der Waals surface area contributed by atoms with Gasteiger partial charge < -0.3 is 10.1 Å². The van der Waals surface area contributed by atoms with Crippen LogP contribution in [0.25, 0.3) is 0 Å². The molecule has 0 aromatic heterocycles. The second-order valence-electron chi connectivity index (χ2n) is 4.69. The topological polar surface area (TPSA) is 21.3 Å². The van der Waals surface area contributed by atoms with E-state index in [4.69, 9.17) is 4.74 Å². The van der Waals surface area contributed by atoms with Crippen molar-refractivity contribution in [2.24, 2.45) is 0 Å². The van der Waals surface area contributed by atoms with Gasteiger partial charge in [-0.1, -0.05) is 23.8 Å². The van der Waals surface area contributed by atoms with Gasteiger partial charge >= 0.3 is 0 Å². The number of nitrogens with one attached hydrogen (secondary N) is 1. The van der Waals surface area contributed by atoms with E-state index in [1.165, 1.54) is 23.1 Å². The van der Waals surface area contributed by atoms with Gasteiger partial charge in [-0.05, 0) is 37.8 Å². The largest absolute Gasteiger partial charge is 0.379 e. The fourth-order valence-electron chi connectivity index (χ4n) is 2.20. The summed E-state index contributed by atoms with van der Waals surface area (Å²) in [6, 6.07) is 7.24. The van der Waals surface area contributed by atoms with Gasteiger partial charge in [-0.15, -0.1) is 0 Å². The van der Waals surface area contributed by atoms with Gasteiger partial charge in [0, 0.05) is 12.6 Å². The van der Waals surface area contributed by atoms with E-state index < -0.39 is 0 Å². The van der Waals surface area contributed by atoms with E-state index in [0.717, 1.165) is 26.2 Å². The molecule has 1 saturated heterocycles. The molecular formula is C14H21NO. The minimum absolute atomic E-state index is 0.536. The fourth-order valence-corrected chi connectivity index (χ4v) is 2.20. The number of hydrogen-bond acceptors (Lipinski definition) is 2. The highest BCUT2D eigenvalue weighted by Crippen LogP contribution is 2.14. The third kappa shape index (κ3) is 3.06. The number of hydrogen-bond donors (Lipinski definition) is 1. The highest BCUT2D eigenvalue weighted by molar-refractivity contribution is 5.30. The summed E-state index contributed by atoms with van der Waals surface area (Å²) < 4.78 is 5.46. The van der Waals surface area contributed by atoms with Crippen LogP contribution >= 0.6 is 0 Å². The lowest BCUT2D eigenvalue weighted by Gasteiger charge is -2.24. The zero-order chi connectivity index (χ0) is 11.4. The van der Waals surface area contributed by atoms with Gasteiger partial charge in [0.25, 0.3) is 0 Å². The van der Waals surface area contributed by atoms with Crippen molar-refractivity contribution in [3.8, 4) is 0 Å². The van der Waals surface area contributed by atoms with Crippen LogP contribution in [0.3, 0.4) is 0 Å². The summed E-state index contributed by atoms with van der Waals surface area (Å²) >= 11 is 0. The predicted molar refractivity (Wildman–Crippen MR) is 66.8 cm³/mol. The Labute approximate surface area is 98.0 Å².